The number of nitrogens with one attached hydrogen (secondary N) is 1. The van der Waals surface area contributed by atoms with E-state index in [0.29, 0.717) is 5.17 Å². The Morgan fingerprint density at radius 1 is 1.17 bits per heavy atom. The molecule has 1 aromatic rings. The predicted octanol–water partition coefficient (Wildman–Crippen LogP) is 2.29. The summed E-state index contributed by atoms with van der Waals surface area (Å²) in [5.41, 5.74) is -2.65. The van der Waals surface area contributed by atoms with Gasteiger partial charge in [-0.05, 0) is 11.6 Å². The van der Waals surface area contributed by atoms with Crippen LogP contribution in [0.1, 0.15) is 11.1 Å². The summed E-state index contributed by atoms with van der Waals surface area (Å²) in [5, 5.41) is 23.4. The minimum atomic E-state index is -5.08. The van der Waals surface area contributed by atoms with Crippen LogP contribution in [0.15, 0.2) is 29.3 Å². The average molecular weight is 460 g/mol. The fraction of sp³-hybridized carbons (Fsp3) is 0.588. The minimum Gasteiger partial charge on any atom is -0.388 e. The van der Waals surface area contributed by atoms with Crippen LogP contribution < -0.4 is 5.32 Å². The van der Waals surface area contributed by atoms with Gasteiger partial charge in [0.05, 0.1) is 12.2 Å². The van der Waals surface area contributed by atoms with Crippen LogP contribution in [-0.4, -0.2) is 64.5 Å². The average Bonchev–Trinajstić information content (AvgIpc) is 3.07. The SMILES string of the molecule is CNC1=N[C@@H]2[C@@H](O)[C@H](O)[C@@H]([C@@H](OCc3ccccc3C(F)(F)F)C(F)(F)F)O[C@@H]2S1. The summed E-state index contributed by atoms with van der Waals surface area (Å²) >= 11 is 0.926. The molecule has 0 bridgehead atoms. The number of aliphatic hydroxyl groups is 2. The van der Waals surface area contributed by atoms with Gasteiger partial charge in [-0.15, -0.1) is 0 Å². The lowest BCUT2D eigenvalue weighted by atomic mass is 9.94. The van der Waals surface area contributed by atoms with Gasteiger partial charge >= 0.3 is 12.4 Å². The summed E-state index contributed by atoms with van der Waals surface area (Å²) in [4.78, 5) is 4.03. The highest BCUT2D eigenvalue weighted by molar-refractivity contribution is 8.14. The summed E-state index contributed by atoms with van der Waals surface area (Å²) in [6, 6.07) is 3.08. The molecule has 30 heavy (non-hydrogen) atoms. The van der Waals surface area contributed by atoms with E-state index in [9.17, 15) is 36.6 Å². The predicted molar refractivity (Wildman–Crippen MR) is 94.6 cm³/mol. The minimum absolute atomic E-state index is 0.306. The van der Waals surface area contributed by atoms with Crippen LogP contribution in [0.3, 0.4) is 0 Å². The number of benzene rings is 1. The van der Waals surface area contributed by atoms with Gasteiger partial charge in [0.2, 0.25) is 0 Å². The van der Waals surface area contributed by atoms with Gasteiger partial charge in [0.15, 0.2) is 11.3 Å². The number of amidine groups is 1. The van der Waals surface area contributed by atoms with Crippen molar-refractivity contribution in [3.8, 4) is 0 Å². The molecule has 0 radical (unpaired) electrons. The van der Waals surface area contributed by atoms with Gasteiger partial charge in [-0.25, -0.2) is 0 Å². The molecule has 2 heterocycles. The molecule has 2 aliphatic heterocycles. The van der Waals surface area contributed by atoms with Crippen molar-refractivity contribution < 1.29 is 46.0 Å². The van der Waals surface area contributed by atoms with E-state index in [4.69, 9.17) is 9.47 Å². The fourth-order valence-corrected chi connectivity index (χ4v) is 4.30. The monoisotopic (exact) mass is 460 g/mol. The maximum Gasteiger partial charge on any atom is 0.417 e. The van der Waals surface area contributed by atoms with E-state index in [2.05, 4.69) is 10.3 Å². The molecule has 0 amide bonds. The topological polar surface area (TPSA) is 83.3 Å². The van der Waals surface area contributed by atoms with E-state index in [-0.39, 0.29) is 0 Å². The van der Waals surface area contributed by atoms with Gasteiger partial charge < -0.3 is 25.0 Å². The number of halogens is 6. The fourth-order valence-electron chi connectivity index (χ4n) is 3.24. The lowest BCUT2D eigenvalue weighted by molar-refractivity contribution is -0.287. The Hall–Kier alpha value is -1.54. The quantitative estimate of drug-likeness (QED) is 0.599. The number of aliphatic imine (C=N–C) groups is 1. The summed E-state index contributed by atoms with van der Waals surface area (Å²) in [6.45, 7) is -1.03. The van der Waals surface area contributed by atoms with E-state index in [1.807, 2.05) is 0 Å². The molecule has 0 aliphatic carbocycles. The van der Waals surface area contributed by atoms with Crippen LogP contribution in [0.4, 0.5) is 26.3 Å². The van der Waals surface area contributed by atoms with Gasteiger partial charge in [-0.1, -0.05) is 30.0 Å². The largest absolute Gasteiger partial charge is 0.417 e. The van der Waals surface area contributed by atoms with Crippen LogP contribution in [0.5, 0.6) is 0 Å². The van der Waals surface area contributed by atoms with Crippen LogP contribution in [0, 0.1) is 0 Å². The molecular weight excluding hydrogens is 442 g/mol. The third-order valence-electron chi connectivity index (χ3n) is 4.68. The molecule has 6 atom stereocenters. The number of fused-ring (bicyclic) bond motifs is 1. The van der Waals surface area contributed by atoms with Crippen LogP contribution in [0.25, 0.3) is 0 Å². The Morgan fingerprint density at radius 2 is 1.83 bits per heavy atom. The van der Waals surface area contributed by atoms with E-state index < -0.39 is 66.0 Å². The van der Waals surface area contributed by atoms with Gasteiger partial charge in [0.25, 0.3) is 0 Å². The van der Waals surface area contributed by atoms with Crippen LogP contribution >= 0.6 is 11.8 Å². The first-order chi connectivity index (χ1) is 13.9. The molecule has 168 valence electrons. The second-order valence-electron chi connectivity index (χ2n) is 6.67. The van der Waals surface area contributed by atoms with Gasteiger partial charge in [0.1, 0.15) is 29.8 Å². The van der Waals surface area contributed by atoms with Gasteiger partial charge in [-0.2, -0.15) is 26.3 Å². The number of thioether (sulfide) groups is 1. The Labute approximate surface area is 171 Å². The van der Waals surface area contributed by atoms with Crippen molar-refractivity contribution in [1.82, 2.24) is 5.32 Å². The van der Waals surface area contributed by atoms with E-state index in [1.165, 1.54) is 13.1 Å². The summed E-state index contributed by atoms with van der Waals surface area (Å²) in [7, 11) is 1.52. The van der Waals surface area contributed by atoms with Crippen molar-refractivity contribution in [2.24, 2.45) is 4.99 Å². The van der Waals surface area contributed by atoms with Gasteiger partial charge in [-0.3, -0.25) is 4.99 Å². The second-order valence-corrected chi connectivity index (χ2v) is 7.76. The van der Waals surface area contributed by atoms with Crippen molar-refractivity contribution >= 4 is 16.9 Å². The second kappa shape index (κ2) is 8.54. The summed E-state index contributed by atoms with van der Waals surface area (Å²) in [5.74, 6) is 0. The number of aliphatic hydroxyl groups excluding tert-OH is 2. The number of rotatable bonds is 4. The number of alkyl halides is 6. The first-order valence-corrected chi connectivity index (χ1v) is 9.58. The molecule has 1 aromatic carbocycles. The molecule has 13 heteroatoms. The molecule has 2 aliphatic rings. The molecule has 3 rings (SSSR count). The highest BCUT2D eigenvalue weighted by Crippen LogP contribution is 2.40. The highest BCUT2D eigenvalue weighted by Gasteiger charge is 2.57. The maximum atomic E-state index is 13.7. The molecule has 1 saturated heterocycles. The Morgan fingerprint density at radius 3 is 2.43 bits per heavy atom. The Kier molecular flexibility index (Phi) is 6.58. The third-order valence-corrected chi connectivity index (χ3v) is 5.83. The first-order valence-electron chi connectivity index (χ1n) is 8.70. The van der Waals surface area contributed by atoms with Crippen molar-refractivity contribution in [1.29, 1.82) is 0 Å². The molecule has 0 saturated carbocycles. The summed E-state index contributed by atoms with van der Waals surface area (Å²) < 4.78 is 90.4. The van der Waals surface area contributed by atoms with Crippen molar-refractivity contribution in [2.75, 3.05) is 7.05 Å². The summed E-state index contributed by atoms with van der Waals surface area (Å²) in [6.07, 6.45) is -18.4. The smallest absolute Gasteiger partial charge is 0.388 e. The van der Waals surface area contributed by atoms with Crippen molar-refractivity contribution in [3.63, 3.8) is 0 Å². The molecule has 0 unspecified atom stereocenters. The third kappa shape index (κ3) is 4.69. The number of nitrogens with zero attached hydrogens (tertiary/aromatic N) is 1. The van der Waals surface area contributed by atoms with Crippen LogP contribution in [0.2, 0.25) is 0 Å². The van der Waals surface area contributed by atoms with Gasteiger partial charge in [0, 0.05) is 7.05 Å². The molecule has 6 nitrogen and oxygen atoms in total. The van der Waals surface area contributed by atoms with Crippen molar-refractivity contribution in [2.45, 2.75) is 54.9 Å². The number of hydrogen-bond acceptors (Lipinski definition) is 7. The van der Waals surface area contributed by atoms with E-state index in [0.717, 1.165) is 30.0 Å². The van der Waals surface area contributed by atoms with E-state index in [1.54, 1.807) is 0 Å². The number of hydrogen-bond donors (Lipinski definition) is 3. The zero-order valence-electron chi connectivity index (χ0n) is 15.3. The Balaban J connectivity index is 1.81. The first kappa shape index (κ1) is 23.1. The highest BCUT2D eigenvalue weighted by atomic mass is 32.2. The molecule has 0 spiro atoms. The normalized spacial score (nSPS) is 30.6. The molecular formula is C17H18F6N2O4S. The van der Waals surface area contributed by atoms with Crippen LogP contribution in [-0.2, 0) is 22.3 Å². The zero-order chi connectivity index (χ0) is 22.3. The number of ether oxygens (including phenoxy) is 2. The maximum absolute atomic E-state index is 13.7. The zero-order valence-corrected chi connectivity index (χ0v) is 16.1. The van der Waals surface area contributed by atoms with Crippen molar-refractivity contribution in [3.05, 3.63) is 35.4 Å². The Bertz CT molecular complexity index is 790. The lowest BCUT2D eigenvalue weighted by Gasteiger charge is -2.41. The van der Waals surface area contributed by atoms with E-state index >= 15 is 0 Å². The standard InChI is InChI=1S/C17H18F6N2O4S/c1-24-15-25-9-10(26)11(27)12(29-14(9)30-15)13(17(21,22)23)28-6-7-4-2-3-5-8(7)16(18,19)20/h2-5,9-14,26-27H,6H2,1H3,(H,24,25)/t9-,10-,11+,12+,13-,14-/m1/s1. The molecule has 0 aromatic heterocycles. The lowest BCUT2D eigenvalue weighted by Crippen LogP contribution is -2.61. The molecule has 3 N–H and O–H groups in total. The molecule has 1 fully saturated rings.